The number of benzene rings is 1. The fourth-order valence-corrected chi connectivity index (χ4v) is 1.65. The van der Waals surface area contributed by atoms with Crippen LogP contribution in [0.5, 0.6) is 0 Å². The van der Waals surface area contributed by atoms with E-state index in [0.717, 1.165) is 13.2 Å². The van der Waals surface area contributed by atoms with Gasteiger partial charge in [-0.3, -0.25) is 0 Å². The van der Waals surface area contributed by atoms with Crippen LogP contribution in [0.3, 0.4) is 0 Å². The molecule has 0 fully saturated rings. The van der Waals surface area contributed by atoms with Gasteiger partial charge < -0.3 is 21.9 Å². The average Bonchev–Trinajstić information content (AvgIpc) is 2.37. The zero-order valence-electron chi connectivity index (χ0n) is 11.7. The molecule has 0 radical (unpaired) electrons. The molecule has 0 amide bonds. The first kappa shape index (κ1) is 17.3. The summed E-state index contributed by atoms with van der Waals surface area (Å²) in [6.07, 6.45) is -4.62. The Balaban J connectivity index is 3.57. The summed E-state index contributed by atoms with van der Waals surface area (Å²) < 4.78 is 43.3. The monoisotopic (exact) mass is 317 g/mol. The standard InChI is InChI=1S/C12H14F3N5O2/c1-5-3-6(9(21)22-2)8(4-7(5)12(13,14)15)19-11(18)20-10(16)17/h3-4H,1-2H3,(H6,16,17,18,19,20). The van der Waals surface area contributed by atoms with Gasteiger partial charge in [0.25, 0.3) is 0 Å². The van der Waals surface area contributed by atoms with E-state index in [1.165, 1.54) is 6.92 Å². The van der Waals surface area contributed by atoms with Gasteiger partial charge >= 0.3 is 12.1 Å². The molecule has 0 aliphatic rings. The van der Waals surface area contributed by atoms with Gasteiger partial charge in [-0.1, -0.05) is 0 Å². The van der Waals surface area contributed by atoms with Crippen molar-refractivity contribution in [3.05, 3.63) is 28.8 Å². The number of nitrogens with zero attached hydrogens (tertiary/aromatic N) is 2. The quantitative estimate of drug-likeness (QED) is 0.426. The van der Waals surface area contributed by atoms with Gasteiger partial charge in [0.15, 0.2) is 5.96 Å². The third-order valence-electron chi connectivity index (χ3n) is 2.53. The molecule has 0 atom stereocenters. The molecule has 0 unspecified atom stereocenters. The molecule has 0 bridgehead atoms. The molecule has 22 heavy (non-hydrogen) atoms. The maximum absolute atomic E-state index is 12.9. The minimum Gasteiger partial charge on any atom is -0.465 e. The normalized spacial score (nSPS) is 12.0. The molecule has 1 rings (SSSR count). The number of carbonyl (C=O) groups excluding carboxylic acids is 1. The number of methoxy groups -OCH3 is 1. The Morgan fingerprint density at radius 2 is 1.82 bits per heavy atom. The highest BCUT2D eigenvalue weighted by Gasteiger charge is 2.34. The Kier molecular flexibility index (Phi) is 4.97. The van der Waals surface area contributed by atoms with Crippen LogP contribution in [0.4, 0.5) is 18.9 Å². The van der Waals surface area contributed by atoms with Crippen molar-refractivity contribution in [1.29, 1.82) is 0 Å². The molecule has 0 aliphatic heterocycles. The predicted octanol–water partition coefficient (Wildman–Crippen LogP) is 1.02. The molecule has 0 aliphatic carbocycles. The van der Waals surface area contributed by atoms with E-state index in [0.29, 0.717) is 6.07 Å². The number of hydrogen-bond donors (Lipinski definition) is 3. The summed E-state index contributed by atoms with van der Waals surface area (Å²) in [4.78, 5) is 18.7. The highest BCUT2D eigenvalue weighted by atomic mass is 19.4. The molecule has 0 heterocycles. The van der Waals surface area contributed by atoms with Crippen LogP contribution in [0.1, 0.15) is 21.5 Å². The average molecular weight is 317 g/mol. The van der Waals surface area contributed by atoms with Crippen LogP contribution >= 0.6 is 0 Å². The molecule has 7 nitrogen and oxygen atoms in total. The van der Waals surface area contributed by atoms with Crippen molar-refractivity contribution < 1.29 is 22.7 Å². The molecule has 0 aromatic heterocycles. The Morgan fingerprint density at radius 3 is 2.27 bits per heavy atom. The lowest BCUT2D eigenvalue weighted by Gasteiger charge is -2.13. The predicted molar refractivity (Wildman–Crippen MR) is 74.6 cm³/mol. The lowest BCUT2D eigenvalue weighted by atomic mass is 10.0. The summed E-state index contributed by atoms with van der Waals surface area (Å²) in [5, 5.41) is 0. The van der Waals surface area contributed by atoms with Crippen LogP contribution in [-0.4, -0.2) is 25.0 Å². The number of rotatable bonds is 2. The maximum Gasteiger partial charge on any atom is 0.416 e. The summed E-state index contributed by atoms with van der Waals surface area (Å²) in [6, 6.07) is 1.69. The molecule has 6 N–H and O–H groups in total. The third kappa shape index (κ3) is 4.11. The Morgan fingerprint density at radius 1 is 1.23 bits per heavy atom. The second kappa shape index (κ2) is 6.33. The summed E-state index contributed by atoms with van der Waals surface area (Å²) in [7, 11) is 1.09. The number of halogens is 3. The number of alkyl halides is 3. The van der Waals surface area contributed by atoms with E-state index in [4.69, 9.17) is 17.2 Å². The van der Waals surface area contributed by atoms with E-state index >= 15 is 0 Å². The van der Waals surface area contributed by atoms with Gasteiger partial charge in [-0.2, -0.15) is 18.2 Å². The van der Waals surface area contributed by atoms with E-state index in [9.17, 15) is 18.0 Å². The van der Waals surface area contributed by atoms with Gasteiger partial charge in [-0.25, -0.2) is 9.79 Å². The van der Waals surface area contributed by atoms with E-state index in [1.807, 2.05) is 0 Å². The first-order valence-corrected chi connectivity index (χ1v) is 5.80. The number of esters is 1. The Labute approximate surface area is 123 Å². The van der Waals surface area contributed by atoms with Gasteiger partial charge in [0.1, 0.15) is 0 Å². The fraction of sp³-hybridized carbons (Fsp3) is 0.250. The number of aliphatic imine (C=N–C) groups is 2. The first-order chi connectivity index (χ1) is 10.1. The number of hydrogen-bond acceptors (Lipinski definition) is 3. The topological polar surface area (TPSA) is 129 Å². The summed E-state index contributed by atoms with van der Waals surface area (Å²) in [5.41, 5.74) is 13.9. The summed E-state index contributed by atoms with van der Waals surface area (Å²) in [6.45, 7) is 1.21. The van der Waals surface area contributed by atoms with E-state index in [2.05, 4.69) is 14.7 Å². The van der Waals surface area contributed by atoms with Crippen LogP contribution in [0.15, 0.2) is 22.1 Å². The smallest absolute Gasteiger partial charge is 0.416 e. The van der Waals surface area contributed by atoms with Crippen LogP contribution in [0.25, 0.3) is 0 Å². The molecule has 0 saturated carbocycles. The van der Waals surface area contributed by atoms with Crippen molar-refractivity contribution in [3.63, 3.8) is 0 Å². The van der Waals surface area contributed by atoms with Gasteiger partial charge in [-0.15, -0.1) is 0 Å². The lowest BCUT2D eigenvalue weighted by molar-refractivity contribution is -0.138. The second-order valence-electron chi connectivity index (χ2n) is 4.18. The molecule has 120 valence electrons. The van der Waals surface area contributed by atoms with Crippen LogP contribution in [-0.2, 0) is 10.9 Å². The summed E-state index contributed by atoms with van der Waals surface area (Å²) >= 11 is 0. The zero-order valence-corrected chi connectivity index (χ0v) is 11.7. The van der Waals surface area contributed by atoms with Crippen LogP contribution in [0.2, 0.25) is 0 Å². The van der Waals surface area contributed by atoms with Crippen LogP contribution in [0, 0.1) is 6.92 Å². The van der Waals surface area contributed by atoms with Gasteiger partial charge in [0.05, 0.1) is 23.9 Å². The zero-order chi connectivity index (χ0) is 17.1. The van der Waals surface area contributed by atoms with Crippen LogP contribution < -0.4 is 17.2 Å². The number of carbonyl (C=O) groups is 1. The summed E-state index contributed by atoms with van der Waals surface area (Å²) in [5.74, 6) is -1.79. The van der Waals surface area contributed by atoms with Crippen molar-refractivity contribution in [2.45, 2.75) is 13.1 Å². The fourth-order valence-electron chi connectivity index (χ4n) is 1.65. The molecular formula is C12H14F3N5O2. The minimum absolute atomic E-state index is 0.160. The Hall–Kier alpha value is -2.78. The first-order valence-electron chi connectivity index (χ1n) is 5.80. The van der Waals surface area contributed by atoms with Crippen molar-refractivity contribution in [1.82, 2.24) is 0 Å². The number of guanidine groups is 2. The van der Waals surface area contributed by atoms with Crippen molar-refractivity contribution in [3.8, 4) is 0 Å². The van der Waals surface area contributed by atoms with Gasteiger partial charge in [-0.05, 0) is 24.6 Å². The second-order valence-corrected chi connectivity index (χ2v) is 4.18. The van der Waals surface area contributed by atoms with Crippen molar-refractivity contribution in [2.75, 3.05) is 7.11 Å². The SMILES string of the molecule is COC(=O)c1cc(C)c(C(F)(F)F)cc1N=C(N)N=C(N)N. The van der Waals surface area contributed by atoms with Crippen molar-refractivity contribution >= 4 is 23.6 Å². The molecule has 1 aromatic rings. The molecule has 0 saturated heterocycles. The largest absolute Gasteiger partial charge is 0.465 e. The third-order valence-corrected chi connectivity index (χ3v) is 2.53. The molecule has 1 aromatic carbocycles. The highest BCUT2D eigenvalue weighted by molar-refractivity contribution is 5.98. The molecule has 10 heteroatoms. The molecular weight excluding hydrogens is 303 g/mol. The number of aryl methyl sites for hydroxylation is 1. The molecule has 0 spiro atoms. The van der Waals surface area contributed by atoms with E-state index in [-0.39, 0.29) is 16.8 Å². The maximum atomic E-state index is 12.9. The number of nitrogens with two attached hydrogens (primary N) is 3. The van der Waals surface area contributed by atoms with Gasteiger partial charge in [0.2, 0.25) is 5.96 Å². The highest BCUT2D eigenvalue weighted by Crippen LogP contribution is 2.36. The lowest BCUT2D eigenvalue weighted by Crippen LogP contribution is -2.26. The van der Waals surface area contributed by atoms with Gasteiger partial charge in [0, 0.05) is 0 Å². The van der Waals surface area contributed by atoms with Crippen molar-refractivity contribution in [2.24, 2.45) is 27.2 Å². The van der Waals surface area contributed by atoms with E-state index in [1.54, 1.807) is 0 Å². The Bertz CT molecular complexity index is 649. The van der Waals surface area contributed by atoms with E-state index < -0.39 is 29.6 Å². The number of ether oxygens (including phenoxy) is 1. The minimum atomic E-state index is -4.62.